The zero-order chi connectivity index (χ0) is 19.3. The summed E-state index contributed by atoms with van der Waals surface area (Å²) in [6.07, 6.45) is 0. The molecule has 0 aromatic heterocycles. The Morgan fingerprint density at radius 3 is 2.57 bits per heavy atom. The summed E-state index contributed by atoms with van der Waals surface area (Å²) in [7, 11) is -3.39. The van der Waals surface area contributed by atoms with Crippen LogP contribution in [-0.4, -0.2) is 45.9 Å². The molecular weight excluding hydrogens is 404 g/mol. The Hall–Kier alpha value is -2.13. The molecule has 1 heterocycles. The molecule has 3 rings (SSSR count). The molecule has 0 spiro atoms. The molecule has 1 aliphatic heterocycles. The number of rotatable bonds is 6. The smallest absolute Gasteiger partial charge is 0.243 e. The number of ether oxygens (including phenoxy) is 2. The van der Waals surface area contributed by atoms with E-state index in [4.69, 9.17) is 9.47 Å². The van der Waals surface area contributed by atoms with Crippen LogP contribution >= 0.6 is 12.4 Å². The summed E-state index contributed by atoms with van der Waals surface area (Å²) < 4.78 is 35.4. The van der Waals surface area contributed by atoms with E-state index in [9.17, 15) is 13.2 Å². The van der Waals surface area contributed by atoms with Crippen LogP contribution in [0.25, 0.3) is 0 Å². The van der Waals surface area contributed by atoms with Crippen molar-refractivity contribution in [2.75, 3.05) is 30.8 Å². The molecule has 0 bridgehead atoms. The number of morpholine rings is 1. The van der Waals surface area contributed by atoms with Gasteiger partial charge in [0.05, 0.1) is 19.0 Å². The number of carbonyl (C=O) groups excluding carboxylic acids is 1. The van der Waals surface area contributed by atoms with Gasteiger partial charge in [0.2, 0.25) is 5.91 Å². The largest absolute Gasteiger partial charge is 0.456 e. The van der Waals surface area contributed by atoms with Crippen LogP contribution in [-0.2, 0) is 19.4 Å². The summed E-state index contributed by atoms with van der Waals surface area (Å²) >= 11 is 0. The Morgan fingerprint density at radius 2 is 1.93 bits per heavy atom. The standard InChI is InChI=1S/C19H22N2O5S.ClH/c1-2-27(23,24)18-6-4-3-5-17(18)26-15-9-7-14(8-10-15)21-19(22)16-13-25-12-11-20-16;/h3-10,16,20H,2,11-13H2,1H3,(H,21,22);1H. The molecular formula is C19H23ClN2O5S. The maximum absolute atomic E-state index is 12.2. The van der Waals surface area contributed by atoms with Gasteiger partial charge in [0.25, 0.3) is 0 Å². The van der Waals surface area contributed by atoms with Crippen molar-refractivity contribution in [2.24, 2.45) is 0 Å². The second-order valence-corrected chi connectivity index (χ2v) is 8.29. The number of sulfone groups is 1. The van der Waals surface area contributed by atoms with Crippen molar-refractivity contribution in [1.82, 2.24) is 5.32 Å². The number of nitrogens with one attached hydrogen (secondary N) is 2. The lowest BCUT2D eigenvalue weighted by Gasteiger charge is -2.22. The van der Waals surface area contributed by atoms with Crippen molar-refractivity contribution in [1.29, 1.82) is 0 Å². The van der Waals surface area contributed by atoms with Crippen LogP contribution in [0.2, 0.25) is 0 Å². The highest BCUT2D eigenvalue weighted by molar-refractivity contribution is 7.91. The minimum atomic E-state index is -3.39. The van der Waals surface area contributed by atoms with Crippen molar-refractivity contribution >= 4 is 33.8 Å². The van der Waals surface area contributed by atoms with Crippen molar-refractivity contribution in [2.45, 2.75) is 17.9 Å². The predicted octanol–water partition coefficient (Wildman–Crippen LogP) is 2.62. The predicted molar refractivity (Wildman–Crippen MR) is 109 cm³/mol. The molecule has 0 radical (unpaired) electrons. The highest BCUT2D eigenvalue weighted by Gasteiger charge is 2.21. The molecule has 2 aromatic rings. The van der Waals surface area contributed by atoms with Crippen LogP contribution < -0.4 is 15.4 Å². The van der Waals surface area contributed by atoms with Crippen molar-refractivity contribution in [3.8, 4) is 11.5 Å². The van der Waals surface area contributed by atoms with E-state index in [0.29, 0.717) is 31.2 Å². The zero-order valence-corrected chi connectivity index (χ0v) is 17.0. The van der Waals surface area contributed by atoms with Gasteiger partial charge in [-0.15, -0.1) is 12.4 Å². The lowest BCUT2D eigenvalue weighted by Crippen LogP contribution is -2.48. The Morgan fingerprint density at radius 1 is 1.21 bits per heavy atom. The van der Waals surface area contributed by atoms with Crippen LogP contribution in [0.1, 0.15) is 6.92 Å². The summed E-state index contributed by atoms with van der Waals surface area (Å²) in [5, 5.41) is 5.90. The van der Waals surface area contributed by atoms with Gasteiger partial charge < -0.3 is 20.1 Å². The summed E-state index contributed by atoms with van der Waals surface area (Å²) in [5.74, 6) is 0.588. The SMILES string of the molecule is CCS(=O)(=O)c1ccccc1Oc1ccc(NC(=O)C2COCCN2)cc1.Cl. The van der Waals surface area contributed by atoms with E-state index in [1.165, 1.54) is 6.07 Å². The average molecular weight is 427 g/mol. The first-order valence-corrected chi connectivity index (χ1v) is 10.4. The fourth-order valence-corrected chi connectivity index (χ4v) is 3.66. The quantitative estimate of drug-likeness (QED) is 0.737. The maximum Gasteiger partial charge on any atom is 0.243 e. The normalized spacial score (nSPS) is 16.7. The van der Waals surface area contributed by atoms with Crippen LogP contribution in [0.5, 0.6) is 11.5 Å². The van der Waals surface area contributed by atoms with E-state index in [1.807, 2.05) is 0 Å². The molecule has 1 saturated heterocycles. The second kappa shape index (κ2) is 9.88. The average Bonchev–Trinajstić information content (AvgIpc) is 2.70. The Bertz CT molecular complexity index is 897. The number of anilines is 1. The first-order valence-electron chi connectivity index (χ1n) is 8.71. The highest BCUT2D eigenvalue weighted by Crippen LogP contribution is 2.30. The van der Waals surface area contributed by atoms with E-state index in [0.717, 1.165) is 0 Å². The number of carbonyl (C=O) groups is 1. The number of para-hydroxylation sites is 1. The van der Waals surface area contributed by atoms with Gasteiger partial charge in [-0.1, -0.05) is 19.1 Å². The first kappa shape index (κ1) is 22.2. The third-order valence-electron chi connectivity index (χ3n) is 4.15. The molecule has 152 valence electrons. The number of amides is 1. The lowest BCUT2D eigenvalue weighted by molar-refractivity contribution is -0.120. The summed E-state index contributed by atoms with van der Waals surface area (Å²) in [6, 6.07) is 12.9. The zero-order valence-electron chi connectivity index (χ0n) is 15.4. The van der Waals surface area contributed by atoms with Crippen molar-refractivity contribution < 1.29 is 22.7 Å². The van der Waals surface area contributed by atoms with Gasteiger partial charge in [-0.25, -0.2) is 8.42 Å². The summed E-state index contributed by atoms with van der Waals surface area (Å²) in [4.78, 5) is 12.3. The molecule has 9 heteroatoms. The Kier molecular flexibility index (Phi) is 7.82. The van der Waals surface area contributed by atoms with Gasteiger partial charge in [0.15, 0.2) is 9.84 Å². The molecule has 1 amide bonds. The topological polar surface area (TPSA) is 93.7 Å². The van der Waals surface area contributed by atoms with E-state index >= 15 is 0 Å². The first-order chi connectivity index (χ1) is 13.0. The van der Waals surface area contributed by atoms with Gasteiger partial charge >= 0.3 is 0 Å². The second-order valence-electron chi connectivity index (χ2n) is 6.05. The highest BCUT2D eigenvalue weighted by atomic mass is 35.5. The third kappa shape index (κ3) is 5.45. The molecule has 7 nitrogen and oxygen atoms in total. The molecule has 1 unspecified atom stereocenters. The Labute approximate surface area is 170 Å². The molecule has 0 aliphatic carbocycles. The maximum atomic E-state index is 12.2. The molecule has 1 fully saturated rings. The van der Waals surface area contributed by atoms with Gasteiger partial charge in [-0.3, -0.25) is 4.79 Å². The number of hydrogen-bond donors (Lipinski definition) is 2. The molecule has 1 aliphatic rings. The van der Waals surface area contributed by atoms with E-state index in [-0.39, 0.29) is 40.8 Å². The molecule has 1 atom stereocenters. The number of hydrogen-bond acceptors (Lipinski definition) is 6. The van der Waals surface area contributed by atoms with Crippen molar-refractivity contribution in [3.05, 3.63) is 48.5 Å². The van der Waals surface area contributed by atoms with E-state index < -0.39 is 9.84 Å². The third-order valence-corrected chi connectivity index (χ3v) is 5.92. The van der Waals surface area contributed by atoms with E-state index in [1.54, 1.807) is 49.4 Å². The monoisotopic (exact) mass is 426 g/mol. The van der Waals surface area contributed by atoms with Crippen LogP contribution in [0.4, 0.5) is 5.69 Å². The molecule has 0 saturated carbocycles. The van der Waals surface area contributed by atoms with Gasteiger partial charge in [0.1, 0.15) is 22.4 Å². The summed E-state index contributed by atoms with van der Waals surface area (Å²) in [5.41, 5.74) is 0.620. The van der Waals surface area contributed by atoms with E-state index in [2.05, 4.69) is 10.6 Å². The van der Waals surface area contributed by atoms with Crippen LogP contribution in [0, 0.1) is 0 Å². The number of benzene rings is 2. The summed E-state index contributed by atoms with van der Waals surface area (Å²) in [6.45, 7) is 3.18. The van der Waals surface area contributed by atoms with Gasteiger partial charge in [0, 0.05) is 12.2 Å². The van der Waals surface area contributed by atoms with Crippen molar-refractivity contribution in [3.63, 3.8) is 0 Å². The lowest BCUT2D eigenvalue weighted by atomic mass is 10.2. The molecule has 2 N–H and O–H groups in total. The Balaban J connectivity index is 0.00000280. The minimum Gasteiger partial charge on any atom is -0.456 e. The van der Waals surface area contributed by atoms with Gasteiger partial charge in [-0.05, 0) is 36.4 Å². The fraction of sp³-hybridized carbons (Fsp3) is 0.316. The number of halogens is 1. The van der Waals surface area contributed by atoms with Crippen LogP contribution in [0.3, 0.4) is 0 Å². The molecule has 28 heavy (non-hydrogen) atoms. The fourth-order valence-electron chi connectivity index (χ4n) is 2.64. The molecule has 2 aromatic carbocycles. The van der Waals surface area contributed by atoms with Gasteiger partial charge in [-0.2, -0.15) is 0 Å². The van der Waals surface area contributed by atoms with Crippen LogP contribution in [0.15, 0.2) is 53.4 Å². The minimum absolute atomic E-state index is 0.